The molecule has 1 nitrogen and oxygen atoms in total. The largest absolute Gasteiger partial charge is 0.309 e. The highest BCUT2D eigenvalue weighted by atomic mass is 15.0. The molecule has 0 spiro atoms. The van der Waals surface area contributed by atoms with E-state index in [2.05, 4.69) is 12.2 Å². The molecule has 0 amide bonds. The molecule has 2 heterocycles. The molecule has 0 aliphatic carbocycles. The molecule has 0 aromatic carbocycles. The van der Waals surface area contributed by atoms with Gasteiger partial charge in [-0.1, -0.05) is 13.3 Å². The minimum atomic E-state index is 0.586. The lowest BCUT2D eigenvalue weighted by Crippen LogP contribution is -2.45. The van der Waals surface area contributed by atoms with E-state index in [-0.39, 0.29) is 0 Å². The lowest BCUT2D eigenvalue weighted by atomic mass is 9.88. The van der Waals surface area contributed by atoms with Gasteiger partial charge in [-0.15, -0.1) is 0 Å². The van der Waals surface area contributed by atoms with Crippen molar-refractivity contribution in [3.63, 3.8) is 0 Å². The zero-order valence-corrected chi connectivity index (χ0v) is 6.82. The minimum absolute atomic E-state index is 0.586. The first-order valence-corrected chi connectivity index (χ1v) is 4.62. The molecule has 1 N–H and O–H groups in total. The van der Waals surface area contributed by atoms with Crippen molar-refractivity contribution in [3.05, 3.63) is 0 Å². The summed E-state index contributed by atoms with van der Waals surface area (Å²) in [6.45, 7) is 2.32. The Bertz CT molecular complexity index is 129. The van der Waals surface area contributed by atoms with Crippen LogP contribution >= 0.6 is 0 Å². The summed E-state index contributed by atoms with van der Waals surface area (Å²) in [5.74, 6) is 0. The second-order valence-corrected chi connectivity index (χ2v) is 3.91. The van der Waals surface area contributed by atoms with Crippen LogP contribution in [-0.2, 0) is 0 Å². The van der Waals surface area contributed by atoms with Crippen molar-refractivity contribution in [1.29, 1.82) is 0 Å². The van der Waals surface area contributed by atoms with E-state index in [1.807, 2.05) is 0 Å². The fraction of sp³-hybridized carbons (Fsp3) is 1.00. The van der Waals surface area contributed by atoms with Crippen LogP contribution in [-0.4, -0.2) is 11.6 Å². The van der Waals surface area contributed by atoms with Gasteiger partial charge >= 0.3 is 0 Å². The first-order valence-electron chi connectivity index (χ1n) is 4.62. The van der Waals surface area contributed by atoms with Crippen LogP contribution in [0.4, 0.5) is 0 Å². The van der Waals surface area contributed by atoms with Gasteiger partial charge in [0.2, 0.25) is 0 Å². The van der Waals surface area contributed by atoms with Gasteiger partial charge in [-0.25, -0.2) is 0 Å². The normalized spacial score (nSPS) is 45.9. The Morgan fingerprint density at radius 3 is 3.00 bits per heavy atom. The second-order valence-electron chi connectivity index (χ2n) is 3.91. The van der Waals surface area contributed by atoms with Gasteiger partial charge in [-0.05, 0) is 32.1 Å². The quantitative estimate of drug-likeness (QED) is 0.586. The Morgan fingerprint density at radius 1 is 1.40 bits per heavy atom. The number of piperidine rings is 1. The zero-order valence-electron chi connectivity index (χ0n) is 6.82. The van der Waals surface area contributed by atoms with Gasteiger partial charge in [0.15, 0.2) is 0 Å². The van der Waals surface area contributed by atoms with Gasteiger partial charge in [0.1, 0.15) is 0 Å². The Kier molecular flexibility index (Phi) is 1.48. The average Bonchev–Trinajstić information content (AvgIpc) is 2.29. The van der Waals surface area contributed by atoms with E-state index in [4.69, 9.17) is 0 Å². The summed E-state index contributed by atoms with van der Waals surface area (Å²) < 4.78 is 0. The van der Waals surface area contributed by atoms with E-state index < -0.39 is 0 Å². The molecule has 2 bridgehead atoms. The third kappa shape index (κ3) is 0.878. The number of rotatable bonds is 1. The molecule has 2 rings (SSSR count). The molecule has 0 radical (unpaired) electrons. The maximum absolute atomic E-state index is 3.75. The van der Waals surface area contributed by atoms with Gasteiger partial charge in [0.25, 0.3) is 0 Å². The first kappa shape index (κ1) is 6.66. The fourth-order valence-electron chi connectivity index (χ4n) is 2.58. The number of nitrogens with one attached hydrogen (secondary N) is 1. The van der Waals surface area contributed by atoms with Crippen LogP contribution in [0.5, 0.6) is 0 Å². The van der Waals surface area contributed by atoms with Gasteiger partial charge in [0.05, 0.1) is 0 Å². The van der Waals surface area contributed by atoms with Gasteiger partial charge in [-0.3, -0.25) is 0 Å². The average molecular weight is 139 g/mol. The molecule has 2 atom stereocenters. The first-order chi connectivity index (χ1) is 4.85. The van der Waals surface area contributed by atoms with E-state index in [9.17, 15) is 0 Å². The fourth-order valence-corrected chi connectivity index (χ4v) is 2.58. The molecule has 2 saturated heterocycles. The highest BCUT2D eigenvalue weighted by molar-refractivity contribution is 5.00. The molecule has 0 saturated carbocycles. The lowest BCUT2D eigenvalue weighted by molar-refractivity contribution is 0.267. The maximum Gasteiger partial charge on any atom is 0.0182 e. The van der Waals surface area contributed by atoms with Crippen molar-refractivity contribution in [2.45, 2.75) is 57.0 Å². The molecule has 0 aromatic rings. The standard InChI is InChI=1S/C9H17N/c1-2-9-6-3-4-8(10-9)5-7-9/h8,10H,2-7H2,1H3. The molecule has 1 heteroatoms. The minimum Gasteiger partial charge on any atom is -0.309 e. The monoisotopic (exact) mass is 139 g/mol. The summed E-state index contributed by atoms with van der Waals surface area (Å²) in [5.41, 5.74) is 0.586. The summed E-state index contributed by atoms with van der Waals surface area (Å²) in [7, 11) is 0. The predicted octanol–water partition coefficient (Wildman–Crippen LogP) is 2.07. The van der Waals surface area contributed by atoms with E-state index in [1.165, 1.54) is 38.5 Å². The molecule has 2 fully saturated rings. The molecule has 0 aromatic heterocycles. The number of fused-ring (bicyclic) bond motifs is 2. The Hall–Kier alpha value is -0.0400. The van der Waals surface area contributed by atoms with E-state index in [0.717, 1.165) is 6.04 Å². The zero-order chi connectivity index (χ0) is 7.03. The summed E-state index contributed by atoms with van der Waals surface area (Å²) in [4.78, 5) is 0. The van der Waals surface area contributed by atoms with Crippen molar-refractivity contribution < 1.29 is 0 Å². The highest BCUT2D eigenvalue weighted by Crippen LogP contribution is 2.37. The Labute approximate surface area is 63.2 Å². The number of hydrogen-bond acceptors (Lipinski definition) is 1. The SMILES string of the molecule is CCC12CCCC(CC1)N2. The van der Waals surface area contributed by atoms with E-state index in [0.29, 0.717) is 5.54 Å². The van der Waals surface area contributed by atoms with Crippen LogP contribution in [0.3, 0.4) is 0 Å². The van der Waals surface area contributed by atoms with Crippen LogP contribution in [0, 0.1) is 0 Å². The van der Waals surface area contributed by atoms with Crippen LogP contribution in [0.25, 0.3) is 0 Å². The maximum atomic E-state index is 3.75. The van der Waals surface area contributed by atoms with Crippen molar-refractivity contribution in [1.82, 2.24) is 5.32 Å². The smallest absolute Gasteiger partial charge is 0.0182 e. The van der Waals surface area contributed by atoms with Crippen LogP contribution in [0.15, 0.2) is 0 Å². The molecule has 58 valence electrons. The predicted molar refractivity (Wildman–Crippen MR) is 43.0 cm³/mol. The van der Waals surface area contributed by atoms with Crippen molar-refractivity contribution in [2.24, 2.45) is 0 Å². The summed E-state index contributed by atoms with van der Waals surface area (Å²) >= 11 is 0. The number of hydrogen-bond donors (Lipinski definition) is 1. The molecule has 10 heavy (non-hydrogen) atoms. The van der Waals surface area contributed by atoms with Crippen molar-refractivity contribution >= 4 is 0 Å². The van der Waals surface area contributed by atoms with Gasteiger partial charge < -0.3 is 5.32 Å². The van der Waals surface area contributed by atoms with Crippen molar-refractivity contribution in [2.75, 3.05) is 0 Å². The van der Waals surface area contributed by atoms with E-state index in [1.54, 1.807) is 0 Å². The lowest BCUT2D eigenvalue weighted by Gasteiger charge is -2.33. The van der Waals surface area contributed by atoms with Gasteiger partial charge in [-0.2, -0.15) is 0 Å². The van der Waals surface area contributed by atoms with E-state index >= 15 is 0 Å². The van der Waals surface area contributed by atoms with Crippen LogP contribution in [0.1, 0.15) is 45.4 Å². The summed E-state index contributed by atoms with van der Waals surface area (Å²) in [6.07, 6.45) is 8.54. The van der Waals surface area contributed by atoms with Crippen LogP contribution in [0.2, 0.25) is 0 Å². The third-order valence-electron chi connectivity index (χ3n) is 3.37. The van der Waals surface area contributed by atoms with Gasteiger partial charge in [0, 0.05) is 11.6 Å². The van der Waals surface area contributed by atoms with Crippen LogP contribution < -0.4 is 5.32 Å². The topological polar surface area (TPSA) is 12.0 Å². The second kappa shape index (κ2) is 2.23. The summed E-state index contributed by atoms with van der Waals surface area (Å²) in [6, 6.07) is 0.883. The third-order valence-corrected chi connectivity index (χ3v) is 3.37. The molecule has 2 unspecified atom stereocenters. The Balaban J connectivity index is 2.10. The molecule has 2 aliphatic heterocycles. The van der Waals surface area contributed by atoms with Crippen molar-refractivity contribution in [3.8, 4) is 0 Å². The Morgan fingerprint density at radius 2 is 2.30 bits per heavy atom. The molecular weight excluding hydrogens is 122 g/mol. The molecular formula is C9H17N. The molecule has 2 aliphatic rings. The highest BCUT2D eigenvalue weighted by Gasteiger charge is 2.39. The summed E-state index contributed by atoms with van der Waals surface area (Å²) in [5, 5.41) is 3.75.